The van der Waals surface area contributed by atoms with Gasteiger partial charge in [0.05, 0.1) is 5.02 Å². The van der Waals surface area contributed by atoms with Crippen molar-refractivity contribution in [3.05, 3.63) is 62.8 Å². The van der Waals surface area contributed by atoms with Crippen molar-refractivity contribution in [3.63, 3.8) is 0 Å². The first-order valence-corrected chi connectivity index (χ1v) is 7.56. The highest BCUT2D eigenvalue weighted by molar-refractivity contribution is 6.35. The number of carbonyl (C=O) groups is 2. The predicted octanol–water partition coefficient (Wildman–Crippen LogP) is 4.58. The highest BCUT2D eigenvalue weighted by atomic mass is 35.5. The van der Waals surface area contributed by atoms with Crippen LogP contribution < -0.4 is 10.2 Å². The molecule has 4 nitrogen and oxygen atoms in total. The molecule has 0 aliphatic carbocycles. The maximum Gasteiger partial charge on any atom is 0.329 e. The summed E-state index contributed by atoms with van der Waals surface area (Å²) in [5.41, 5.74) is 0.570. The molecule has 0 aromatic heterocycles. The number of carbonyl (C=O) groups excluding carboxylic acids is 2. The molecule has 1 N–H and O–H groups in total. The van der Waals surface area contributed by atoms with Crippen LogP contribution in [0.1, 0.15) is 11.6 Å². The van der Waals surface area contributed by atoms with Crippen LogP contribution in [-0.2, 0) is 4.79 Å². The van der Waals surface area contributed by atoms with E-state index in [2.05, 4.69) is 5.32 Å². The molecule has 1 atom stereocenters. The van der Waals surface area contributed by atoms with Crippen LogP contribution in [0, 0.1) is 5.82 Å². The van der Waals surface area contributed by atoms with Crippen molar-refractivity contribution >= 4 is 52.4 Å². The molecule has 3 rings (SSSR count). The standard InChI is InChI=1S/C15H8Cl3FN2O2/c16-7-1-3-8(4-2-7)21-13(14(22)20-15(21)23)9-5-12(19)11(18)6-10(9)17/h1-6,13H,(H,20,22,23). The van der Waals surface area contributed by atoms with Gasteiger partial charge in [0.2, 0.25) is 0 Å². The van der Waals surface area contributed by atoms with Crippen molar-refractivity contribution in [1.29, 1.82) is 0 Å². The number of halogens is 4. The number of nitrogens with one attached hydrogen (secondary N) is 1. The monoisotopic (exact) mass is 372 g/mol. The maximum atomic E-state index is 13.8. The predicted molar refractivity (Wildman–Crippen MR) is 86.6 cm³/mol. The minimum atomic E-state index is -1.09. The molecule has 2 aromatic carbocycles. The molecule has 0 saturated carbocycles. The Morgan fingerprint density at radius 1 is 1.00 bits per heavy atom. The van der Waals surface area contributed by atoms with Gasteiger partial charge in [-0.25, -0.2) is 9.18 Å². The molecule has 1 aliphatic rings. The fourth-order valence-corrected chi connectivity index (χ4v) is 2.98. The van der Waals surface area contributed by atoms with Gasteiger partial charge >= 0.3 is 6.03 Å². The Balaban J connectivity index is 2.12. The SMILES string of the molecule is O=C1NC(=O)N(c2ccc(Cl)cc2)C1c1cc(F)c(Cl)cc1Cl. The summed E-state index contributed by atoms with van der Waals surface area (Å²) in [5.74, 6) is -1.33. The molecule has 3 amide bonds. The summed E-state index contributed by atoms with van der Waals surface area (Å²) < 4.78 is 13.8. The number of imide groups is 1. The molecular weight excluding hydrogens is 366 g/mol. The molecule has 1 fully saturated rings. The smallest absolute Gasteiger partial charge is 0.277 e. The third kappa shape index (κ3) is 2.87. The quantitative estimate of drug-likeness (QED) is 0.618. The molecule has 1 saturated heterocycles. The molecular formula is C15H8Cl3FN2O2. The second-order valence-corrected chi connectivity index (χ2v) is 6.08. The van der Waals surface area contributed by atoms with Gasteiger partial charge in [-0.05, 0) is 36.4 Å². The number of nitrogens with zero attached hydrogens (tertiary/aromatic N) is 1. The van der Waals surface area contributed by atoms with Crippen LogP contribution in [0.15, 0.2) is 36.4 Å². The lowest BCUT2D eigenvalue weighted by atomic mass is 10.0. The third-order valence-electron chi connectivity index (χ3n) is 3.39. The topological polar surface area (TPSA) is 49.4 Å². The first-order chi connectivity index (χ1) is 10.9. The number of amides is 3. The van der Waals surface area contributed by atoms with Gasteiger partial charge in [0, 0.05) is 21.3 Å². The summed E-state index contributed by atoms with van der Waals surface area (Å²) in [5, 5.41) is 2.59. The molecule has 0 radical (unpaired) electrons. The van der Waals surface area contributed by atoms with Crippen LogP contribution in [0.4, 0.5) is 14.9 Å². The number of rotatable bonds is 2. The molecule has 0 spiro atoms. The van der Waals surface area contributed by atoms with Crippen molar-refractivity contribution in [1.82, 2.24) is 5.32 Å². The lowest BCUT2D eigenvalue weighted by Gasteiger charge is -2.23. The summed E-state index contributed by atoms with van der Waals surface area (Å²) in [7, 11) is 0. The fraction of sp³-hybridized carbons (Fsp3) is 0.0667. The summed E-state index contributed by atoms with van der Waals surface area (Å²) in [6.45, 7) is 0. The van der Waals surface area contributed by atoms with Gasteiger partial charge in [0.15, 0.2) is 0 Å². The molecule has 1 unspecified atom stereocenters. The number of urea groups is 1. The first kappa shape index (κ1) is 16.1. The molecule has 23 heavy (non-hydrogen) atoms. The minimum Gasteiger partial charge on any atom is -0.277 e. The Morgan fingerprint density at radius 3 is 2.30 bits per heavy atom. The number of anilines is 1. The normalized spacial score (nSPS) is 17.6. The van der Waals surface area contributed by atoms with Gasteiger partial charge < -0.3 is 0 Å². The lowest BCUT2D eigenvalue weighted by molar-refractivity contribution is -0.119. The van der Waals surface area contributed by atoms with Crippen LogP contribution in [0.3, 0.4) is 0 Å². The maximum absolute atomic E-state index is 13.8. The molecule has 118 valence electrons. The van der Waals surface area contributed by atoms with Crippen molar-refractivity contribution in [3.8, 4) is 0 Å². The molecule has 1 aliphatic heterocycles. The molecule has 0 bridgehead atoms. The van der Waals surface area contributed by atoms with Crippen molar-refractivity contribution in [2.45, 2.75) is 6.04 Å². The van der Waals surface area contributed by atoms with Crippen LogP contribution in [0.2, 0.25) is 15.1 Å². The van der Waals surface area contributed by atoms with Crippen molar-refractivity contribution in [2.24, 2.45) is 0 Å². The average molecular weight is 374 g/mol. The van der Waals surface area contributed by atoms with E-state index in [1.807, 2.05) is 0 Å². The summed E-state index contributed by atoms with van der Waals surface area (Å²) in [6.07, 6.45) is 0. The largest absolute Gasteiger partial charge is 0.329 e. The second-order valence-electron chi connectivity index (χ2n) is 4.83. The minimum absolute atomic E-state index is 0.0882. The number of benzene rings is 2. The number of hydrogen-bond donors (Lipinski definition) is 1. The summed E-state index contributed by atoms with van der Waals surface area (Å²) >= 11 is 17.6. The average Bonchev–Trinajstić information content (AvgIpc) is 2.78. The number of hydrogen-bond acceptors (Lipinski definition) is 2. The fourth-order valence-electron chi connectivity index (χ4n) is 2.36. The molecule has 1 heterocycles. The highest BCUT2D eigenvalue weighted by Crippen LogP contribution is 2.37. The van der Waals surface area contributed by atoms with E-state index in [4.69, 9.17) is 34.8 Å². The summed E-state index contributed by atoms with van der Waals surface area (Å²) in [6, 6.07) is 6.83. The zero-order valence-corrected chi connectivity index (χ0v) is 13.6. The first-order valence-electron chi connectivity index (χ1n) is 6.42. The molecule has 2 aromatic rings. The Morgan fingerprint density at radius 2 is 1.65 bits per heavy atom. The van der Waals surface area contributed by atoms with E-state index in [0.29, 0.717) is 10.7 Å². The van der Waals surface area contributed by atoms with Gasteiger partial charge in [0.25, 0.3) is 5.91 Å². The Labute approximate surface area is 145 Å². The molecule has 8 heteroatoms. The van der Waals surface area contributed by atoms with E-state index in [-0.39, 0.29) is 15.6 Å². The Hall–Kier alpha value is -1.82. The highest BCUT2D eigenvalue weighted by Gasteiger charge is 2.41. The van der Waals surface area contributed by atoms with Crippen LogP contribution in [-0.4, -0.2) is 11.9 Å². The van der Waals surface area contributed by atoms with Gasteiger partial charge in [-0.15, -0.1) is 0 Å². The van der Waals surface area contributed by atoms with E-state index in [0.717, 1.165) is 6.07 Å². The van der Waals surface area contributed by atoms with E-state index >= 15 is 0 Å². The zero-order valence-electron chi connectivity index (χ0n) is 11.3. The van der Waals surface area contributed by atoms with Crippen LogP contribution in [0.5, 0.6) is 0 Å². The van der Waals surface area contributed by atoms with Crippen LogP contribution >= 0.6 is 34.8 Å². The second kappa shape index (κ2) is 6.00. The van der Waals surface area contributed by atoms with Crippen LogP contribution in [0.25, 0.3) is 0 Å². The third-order valence-corrected chi connectivity index (χ3v) is 4.26. The Bertz CT molecular complexity index is 811. The zero-order chi connectivity index (χ0) is 16.7. The van der Waals surface area contributed by atoms with E-state index in [1.165, 1.54) is 11.0 Å². The van der Waals surface area contributed by atoms with E-state index in [9.17, 15) is 14.0 Å². The van der Waals surface area contributed by atoms with Crippen molar-refractivity contribution in [2.75, 3.05) is 4.90 Å². The summed E-state index contributed by atoms with van der Waals surface area (Å²) in [4.78, 5) is 25.5. The van der Waals surface area contributed by atoms with Gasteiger partial charge in [0.1, 0.15) is 11.9 Å². The van der Waals surface area contributed by atoms with E-state index in [1.54, 1.807) is 24.3 Å². The van der Waals surface area contributed by atoms with E-state index < -0.39 is 23.8 Å². The Kier molecular flexibility index (Phi) is 4.19. The van der Waals surface area contributed by atoms with Gasteiger partial charge in [-0.1, -0.05) is 34.8 Å². The lowest BCUT2D eigenvalue weighted by Crippen LogP contribution is -2.29. The van der Waals surface area contributed by atoms with Gasteiger partial charge in [-0.3, -0.25) is 15.0 Å². The van der Waals surface area contributed by atoms with Crippen molar-refractivity contribution < 1.29 is 14.0 Å². The van der Waals surface area contributed by atoms with Gasteiger partial charge in [-0.2, -0.15) is 0 Å².